The first kappa shape index (κ1) is 10.9. The number of nitrogens with two attached hydrogens (primary N) is 1. The maximum Gasteiger partial charge on any atom is 0.241 e. The summed E-state index contributed by atoms with van der Waals surface area (Å²) in [6.07, 6.45) is 5.16. The van der Waals surface area contributed by atoms with Crippen LogP contribution in [-0.2, 0) is 11.3 Å². The number of carbonyl (C=O) groups is 1. The van der Waals surface area contributed by atoms with E-state index in [1.165, 1.54) is 10.9 Å². The second kappa shape index (κ2) is 5.54. The number of hydrogen-bond acceptors (Lipinski definition) is 4. The summed E-state index contributed by atoms with van der Waals surface area (Å²) in [5, 5.41) is 6.69. The van der Waals surface area contributed by atoms with E-state index in [0.29, 0.717) is 12.2 Å². The smallest absolute Gasteiger partial charge is 0.241 e. The first-order valence-electron chi connectivity index (χ1n) is 4.26. The summed E-state index contributed by atoms with van der Waals surface area (Å²) in [6, 6.07) is 0. The molecule has 6 heteroatoms. The molecule has 1 rings (SSSR count). The van der Waals surface area contributed by atoms with Crippen molar-refractivity contribution < 1.29 is 4.79 Å². The lowest BCUT2D eigenvalue weighted by Crippen LogP contribution is -2.29. The third kappa shape index (κ3) is 3.69. The molecule has 0 atom stereocenters. The van der Waals surface area contributed by atoms with Crippen molar-refractivity contribution in [2.45, 2.75) is 6.54 Å². The minimum Gasteiger partial charge on any atom is -0.396 e. The summed E-state index contributed by atoms with van der Waals surface area (Å²) in [5.41, 5.74) is 6.03. The molecular formula is C8H14N4OS. The molecule has 0 aliphatic rings. The van der Waals surface area contributed by atoms with Crippen molar-refractivity contribution in [2.75, 3.05) is 24.3 Å². The molecule has 0 aromatic carbocycles. The number of rotatable bonds is 5. The molecule has 14 heavy (non-hydrogen) atoms. The van der Waals surface area contributed by atoms with Crippen molar-refractivity contribution in [3.8, 4) is 0 Å². The van der Waals surface area contributed by atoms with Crippen molar-refractivity contribution in [3.05, 3.63) is 12.4 Å². The molecule has 0 unspecified atom stereocenters. The van der Waals surface area contributed by atoms with Crippen LogP contribution in [0.3, 0.4) is 0 Å². The third-order valence-electron chi connectivity index (χ3n) is 1.59. The van der Waals surface area contributed by atoms with Crippen LogP contribution in [0.25, 0.3) is 0 Å². The highest BCUT2D eigenvalue weighted by molar-refractivity contribution is 7.98. The molecule has 78 valence electrons. The minimum atomic E-state index is -0.0397. The van der Waals surface area contributed by atoms with Crippen LogP contribution in [-0.4, -0.2) is 34.2 Å². The topological polar surface area (TPSA) is 72.9 Å². The summed E-state index contributed by atoms with van der Waals surface area (Å²) in [6.45, 7) is 0.919. The third-order valence-corrected chi connectivity index (χ3v) is 2.20. The highest BCUT2D eigenvalue weighted by atomic mass is 32.2. The van der Waals surface area contributed by atoms with Gasteiger partial charge in [0, 0.05) is 18.5 Å². The highest BCUT2D eigenvalue weighted by Gasteiger charge is 2.02. The van der Waals surface area contributed by atoms with Crippen molar-refractivity contribution in [1.82, 2.24) is 15.1 Å². The fourth-order valence-corrected chi connectivity index (χ4v) is 1.27. The Bertz CT molecular complexity index is 299. The molecule has 0 saturated heterocycles. The lowest BCUT2D eigenvalue weighted by atomic mass is 10.5. The van der Waals surface area contributed by atoms with Crippen LogP contribution in [0.5, 0.6) is 0 Å². The molecule has 0 saturated carbocycles. The summed E-state index contributed by atoms with van der Waals surface area (Å²) < 4.78 is 1.52. The normalized spacial score (nSPS) is 10.1. The van der Waals surface area contributed by atoms with E-state index >= 15 is 0 Å². The number of anilines is 1. The molecule has 0 bridgehead atoms. The van der Waals surface area contributed by atoms with Crippen molar-refractivity contribution in [2.24, 2.45) is 0 Å². The monoisotopic (exact) mass is 214 g/mol. The molecular weight excluding hydrogens is 200 g/mol. The SMILES string of the molecule is CSCCNC(=O)Cn1cc(N)cn1. The van der Waals surface area contributed by atoms with E-state index in [2.05, 4.69) is 10.4 Å². The second-order valence-electron chi connectivity index (χ2n) is 2.81. The van der Waals surface area contributed by atoms with E-state index in [-0.39, 0.29) is 12.5 Å². The van der Waals surface area contributed by atoms with Gasteiger partial charge in [-0.05, 0) is 6.26 Å². The zero-order valence-electron chi connectivity index (χ0n) is 8.06. The van der Waals surface area contributed by atoms with Gasteiger partial charge in [-0.3, -0.25) is 9.48 Å². The van der Waals surface area contributed by atoms with Crippen LogP contribution in [0.1, 0.15) is 0 Å². The van der Waals surface area contributed by atoms with Crippen LogP contribution in [0, 0.1) is 0 Å². The van der Waals surface area contributed by atoms with Crippen LogP contribution >= 0.6 is 11.8 Å². The van der Waals surface area contributed by atoms with E-state index in [4.69, 9.17) is 5.73 Å². The molecule has 0 aliphatic heterocycles. The average molecular weight is 214 g/mol. The maximum absolute atomic E-state index is 11.3. The number of nitrogens with one attached hydrogen (secondary N) is 1. The van der Waals surface area contributed by atoms with E-state index < -0.39 is 0 Å². The molecule has 0 radical (unpaired) electrons. The Labute approximate surface area is 87.0 Å². The Morgan fingerprint density at radius 1 is 1.79 bits per heavy atom. The number of thioether (sulfide) groups is 1. The van der Waals surface area contributed by atoms with Gasteiger partial charge in [-0.2, -0.15) is 16.9 Å². The first-order valence-corrected chi connectivity index (χ1v) is 5.65. The fourth-order valence-electron chi connectivity index (χ4n) is 0.962. The number of nitrogen functional groups attached to an aromatic ring is 1. The Morgan fingerprint density at radius 3 is 3.14 bits per heavy atom. The van der Waals surface area contributed by atoms with Gasteiger partial charge in [0.2, 0.25) is 5.91 Å². The number of amides is 1. The first-order chi connectivity index (χ1) is 6.72. The van der Waals surface area contributed by atoms with E-state index in [1.807, 2.05) is 6.26 Å². The molecule has 0 fully saturated rings. The van der Waals surface area contributed by atoms with Gasteiger partial charge in [0.05, 0.1) is 11.9 Å². The Balaban J connectivity index is 2.27. The zero-order valence-corrected chi connectivity index (χ0v) is 8.88. The predicted molar refractivity (Wildman–Crippen MR) is 58.0 cm³/mol. The van der Waals surface area contributed by atoms with Crippen LogP contribution < -0.4 is 11.1 Å². The summed E-state index contributed by atoms with van der Waals surface area (Å²) in [4.78, 5) is 11.3. The molecule has 1 amide bonds. The lowest BCUT2D eigenvalue weighted by molar-refractivity contribution is -0.121. The van der Waals surface area contributed by atoms with E-state index in [0.717, 1.165) is 5.75 Å². The van der Waals surface area contributed by atoms with Gasteiger partial charge in [-0.15, -0.1) is 0 Å². The number of carbonyl (C=O) groups excluding carboxylic acids is 1. The molecule has 3 N–H and O–H groups in total. The average Bonchev–Trinajstić information content (AvgIpc) is 2.52. The van der Waals surface area contributed by atoms with E-state index in [1.54, 1.807) is 18.0 Å². The molecule has 1 aromatic rings. The number of nitrogens with zero attached hydrogens (tertiary/aromatic N) is 2. The highest BCUT2D eigenvalue weighted by Crippen LogP contribution is 1.96. The maximum atomic E-state index is 11.3. The molecule has 1 heterocycles. The molecule has 1 aromatic heterocycles. The van der Waals surface area contributed by atoms with Gasteiger partial charge < -0.3 is 11.1 Å². The summed E-state index contributed by atoms with van der Waals surface area (Å²) in [7, 11) is 0. The molecule has 0 spiro atoms. The van der Waals surface area contributed by atoms with Crippen molar-refractivity contribution in [3.63, 3.8) is 0 Å². The van der Waals surface area contributed by atoms with Gasteiger partial charge in [0.15, 0.2) is 0 Å². The molecule has 0 aliphatic carbocycles. The summed E-state index contributed by atoms with van der Waals surface area (Å²) >= 11 is 1.70. The minimum absolute atomic E-state index is 0.0397. The second-order valence-corrected chi connectivity index (χ2v) is 3.80. The lowest BCUT2D eigenvalue weighted by Gasteiger charge is -2.03. The van der Waals surface area contributed by atoms with Crippen LogP contribution in [0.4, 0.5) is 5.69 Å². The fraction of sp³-hybridized carbons (Fsp3) is 0.500. The van der Waals surface area contributed by atoms with Gasteiger partial charge >= 0.3 is 0 Å². The van der Waals surface area contributed by atoms with Crippen LogP contribution in [0.2, 0.25) is 0 Å². The Kier molecular flexibility index (Phi) is 4.31. The number of hydrogen-bond donors (Lipinski definition) is 2. The van der Waals surface area contributed by atoms with Gasteiger partial charge in [0.25, 0.3) is 0 Å². The van der Waals surface area contributed by atoms with E-state index in [9.17, 15) is 4.79 Å². The molecule has 5 nitrogen and oxygen atoms in total. The largest absolute Gasteiger partial charge is 0.396 e. The Hall–Kier alpha value is -1.17. The van der Waals surface area contributed by atoms with Gasteiger partial charge in [-0.1, -0.05) is 0 Å². The van der Waals surface area contributed by atoms with Gasteiger partial charge in [0.1, 0.15) is 6.54 Å². The quantitative estimate of drug-likeness (QED) is 0.674. The van der Waals surface area contributed by atoms with Crippen molar-refractivity contribution in [1.29, 1.82) is 0 Å². The van der Waals surface area contributed by atoms with Crippen LogP contribution in [0.15, 0.2) is 12.4 Å². The summed E-state index contributed by atoms with van der Waals surface area (Å²) in [5.74, 6) is 0.884. The van der Waals surface area contributed by atoms with Crippen molar-refractivity contribution >= 4 is 23.4 Å². The standard InChI is InChI=1S/C8H14N4OS/c1-14-3-2-10-8(13)6-12-5-7(9)4-11-12/h4-5H,2-3,6,9H2,1H3,(H,10,13). The predicted octanol–water partition coefficient (Wildman–Crippen LogP) is -0.0555. The number of aromatic nitrogens is 2. The zero-order chi connectivity index (χ0) is 10.4. The Morgan fingerprint density at radius 2 is 2.57 bits per heavy atom. The van der Waals surface area contributed by atoms with Gasteiger partial charge in [-0.25, -0.2) is 0 Å².